The number of nitrogens with one attached hydrogen (secondary N) is 1. The maximum absolute atomic E-state index is 13.2. The molecule has 1 saturated heterocycles. The van der Waals surface area contributed by atoms with Gasteiger partial charge in [-0.1, -0.05) is 24.3 Å². The number of likely N-dealkylation sites (tertiary alicyclic amines) is 1. The number of para-hydroxylation sites is 1. The van der Waals surface area contributed by atoms with Crippen LogP contribution < -0.4 is 5.32 Å². The van der Waals surface area contributed by atoms with Crippen LogP contribution in [0.2, 0.25) is 0 Å². The van der Waals surface area contributed by atoms with Gasteiger partial charge in [0, 0.05) is 24.8 Å². The third-order valence-electron chi connectivity index (χ3n) is 4.86. The van der Waals surface area contributed by atoms with Gasteiger partial charge in [0.1, 0.15) is 0 Å². The number of rotatable bonds is 2. The number of fused-ring (bicyclic) bond motifs is 1. The lowest BCUT2D eigenvalue weighted by molar-refractivity contribution is -0.135. The third-order valence-corrected chi connectivity index (χ3v) is 4.86. The molecule has 1 aromatic heterocycles. The average molecular weight is 321 g/mol. The number of nitrogens with zero attached hydrogens (tertiary/aromatic N) is 2. The Balaban J connectivity index is 1.65. The van der Waals surface area contributed by atoms with Gasteiger partial charge in [-0.15, -0.1) is 0 Å². The summed E-state index contributed by atoms with van der Waals surface area (Å²) in [5, 5.41) is 2.86. The molecule has 2 atom stereocenters. The number of pyridine rings is 1. The fraction of sp³-hybridized carbons (Fsp3) is 0.316. The van der Waals surface area contributed by atoms with Crippen molar-refractivity contribution in [3.63, 3.8) is 0 Å². The first-order valence-electron chi connectivity index (χ1n) is 8.34. The van der Waals surface area contributed by atoms with Crippen LogP contribution >= 0.6 is 0 Å². The van der Waals surface area contributed by atoms with E-state index in [2.05, 4.69) is 10.3 Å². The normalized spacial score (nSPS) is 22.8. The van der Waals surface area contributed by atoms with Crippen LogP contribution in [0.3, 0.4) is 0 Å². The number of carbonyl (C=O) groups is 2. The highest BCUT2D eigenvalue weighted by molar-refractivity contribution is 6.01. The molecule has 0 radical (unpaired) electrons. The van der Waals surface area contributed by atoms with Gasteiger partial charge >= 0.3 is 0 Å². The van der Waals surface area contributed by atoms with Crippen molar-refractivity contribution in [3.8, 4) is 0 Å². The molecule has 5 nitrogen and oxygen atoms in total. The van der Waals surface area contributed by atoms with E-state index in [1.54, 1.807) is 6.20 Å². The number of hydrogen-bond donors (Lipinski definition) is 1. The highest BCUT2D eigenvalue weighted by Crippen LogP contribution is 2.38. The first-order chi connectivity index (χ1) is 11.7. The molecule has 3 heterocycles. The van der Waals surface area contributed by atoms with Crippen molar-refractivity contribution < 1.29 is 9.59 Å². The van der Waals surface area contributed by atoms with Crippen LogP contribution in [-0.2, 0) is 9.59 Å². The van der Waals surface area contributed by atoms with Crippen molar-refractivity contribution in [1.82, 2.24) is 9.88 Å². The molecule has 0 unspecified atom stereocenters. The predicted octanol–water partition coefficient (Wildman–Crippen LogP) is 2.87. The van der Waals surface area contributed by atoms with Gasteiger partial charge in [-0.05, 0) is 36.6 Å². The van der Waals surface area contributed by atoms with E-state index in [9.17, 15) is 9.59 Å². The smallest absolute Gasteiger partial charge is 0.231 e. The fourth-order valence-electron chi connectivity index (χ4n) is 3.74. The lowest BCUT2D eigenvalue weighted by Gasteiger charge is -2.31. The van der Waals surface area contributed by atoms with Crippen molar-refractivity contribution in [1.29, 1.82) is 0 Å². The first-order valence-corrected chi connectivity index (χ1v) is 8.34. The fourth-order valence-corrected chi connectivity index (χ4v) is 3.74. The first kappa shape index (κ1) is 14.9. The Morgan fingerprint density at radius 3 is 2.83 bits per heavy atom. The van der Waals surface area contributed by atoms with Gasteiger partial charge in [-0.3, -0.25) is 14.6 Å². The second kappa shape index (κ2) is 6.07. The maximum Gasteiger partial charge on any atom is 0.231 e. The summed E-state index contributed by atoms with van der Waals surface area (Å²) < 4.78 is 0. The molecule has 4 rings (SSSR count). The highest BCUT2D eigenvalue weighted by atomic mass is 16.2. The van der Waals surface area contributed by atoms with Gasteiger partial charge in [-0.2, -0.15) is 0 Å². The quantitative estimate of drug-likeness (QED) is 0.925. The summed E-state index contributed by atoms with van der Waals surface area (Å²) in [4.78, 5) is 31.6. The molecule has 1 fully saturated rings. The average Bonchev–Trinajstić information content (AvgIpc) is 3.11. The van der Waals surface area contributed by atoms with Crippen LogP contribution in [0.1, 0.15) is 42.5 Å². The van der Waals surface area contributed by atoms with Gasteiger partial charge in [0.15, 0.2) is 0 Å². The van der Waals surface area contributed by atoms with E-state index >= 15 is 0 Å². The molecular weight excluding hydrogens is 302 g/mol. The number of anilines is 1. The zero-order valence-corrected chi connectivity index (χ0v) is 13.3. The topological polar surface area (TPSA) is 62.3 Å². The summed E-state index contributed by atoms with van der Waals surface area (Å²) >= 11 is 0. The molecule has 2 aromatic rings. The van der Waals surface area contributed by atoms with E-state index in [1.165, 1.54) is 0 Å². The summed E-state index contributed by atoms with van der Waals surface area (Å²) in [7, 11) is 0. The van der Waals surface area contributed by atoms with Gasteiger partial charge in [0.05, 0.1) is 17.7 Å². The lowest BCUT2D eigenvalue weighted by Crippen LogP contribution is -2.38. The Labute approximate surface area is 140 Å². The highest BCUT2D eigenvalue weighted by Gasteiger charge is 2.38. The van der Waals surface area contributed by atoms with E-state index < -0.39 is 5.92 Å². The molecule has 2 amide bonds. The molecule has 122 valence electrons. The van der Waals surface area contributed by atoms with Crippen molar-refractivity contribution in [2.75, 3.05) is 11.9 Å². The van der Waals surface area contributed by atoms with E-state index in [4.69, 9.17) is 0 Å². The van der Waals surface area contributed by atoms with Gasteiger partial charge < -0.3 is 10.2 Å². The van der Waals surface area contributed by atoms with Crippen LogP contribution in [0.15, 0.2) is 48.7 Å². The summed E-state index contributed by atoms with van der Waals surface area (Å²) in [6, 6.07) is 13.4. The molecule has 1 N–H and O–H groups in total. The van der Waals surface area contributed by atoms with Crippen LogP contribution in [0, 0.1) is 0 Å². The SMILES string of the molecule is O=C1C[C@H](C(=O)N2CCC[C@H]2c2ccccn2)c2ccccc2N1. The van der Waals surface area contributed by atoms with Crippen LogP contribution in [0.4, 0.5) is 5.69 Å². The molecule has 5 heteroatoms. The van der Waals surface area contributed by atoms with Crippen LogP contribution in [-0.4, -0.2) is 28.2 Å². The zero-order valence-electron chi connectivity index (χ0n) is 13.3. The van der Waals surface area contributed by atoms with Gasteiger partial charge in [0.2, 0.25) is 11.8 Å². The number of hydrogen-bond acceptors (Lipinski definition) is 3. The maximum atomic E-state index is 13.2. The zero-order chi connectivity index (χ0) is 16.5. The lowest BCUT2D eigenvalue weighted by atomic mass is 9.89. The summed E-state index contributed by atoms with van der Waals surface area (Å²) in [6.07, 6.45) is 3.86. The third kappa shape index (κ3) is 2.56. The van der Waals surface area contributed by atoms with Crippen molar-refractivity contribution in [3.05, 3.63) is 59.9 Å². The Bertz CT molecular complexity index is 775. The Morgan fingerprint density at radius 2 is 2.00 bits per heavy atom. The Morgan fingerprint density at radius 1 is 1.17 bits per heavy atom. The Kier molecular flexibility index (Phi) is 3.76. The summed E-state index contributed by atoms with van der Waals surface area (Å²) in [5.41, 5.74) is 2.59. The molecule has 0 aliphatic carbocycles. The second-order valence-electron chi connectivity index (χ2n) is 6.34. The largest absolute Gasteiger partial charge is 0.334 e. The molecule has 0 bridgehead atoms. The molecule has 0 spiro atoms. The molecule has 2 aliphatic rings. The van der Waals surface area contributed by atoms with Gasteiger partial charge in [-0.25, -0.2) is 0 Å². The molecule has 2 aliphatic heterocycles. The monoisotopic (exact) mass is 321 g/mol. The van der Waals surface area contributed by atoms with Crippen LogP contribution in [0.5, 0.6) is 0 Å². The number of aromatic nitrogens is 1. The molecule has 0 saturated carbocycles. The predicted molar refractivity (Wildman–Crippen MR) is 90.4 cm³/mol. The van der Waals surface area contributed by atoms with Gasteiger partial charge in [0.25, 0.3) is 0 Å². The standard InChI is InChI=1S/C19H19N3O2/c23-18-12-14(13-6-1-2-7-15(13)21-18)19(24)22-11-5-9-17(22)16-8-3-4-10-20-16/h1-4,6-8,10,14,17H,5,9,11-12H2,(H,21,23)/t14-,17-/m0/s1. The summed E-state index contributed by atoms with van der Waals surface area (Å²) in [5.74, 6) is -0.467. The van der Waals surface area contributed by atoms with E-state index in [0.717, 1.165) is 36.3 Å². The molecule has 1 aromatic carbocycles. The van der Waals surface area contributed by atoms with Crippen molar-refractivity contribution in [2.24, 2.45) is 0 Å². The molecular formula is C19H19N3O2. The minimum atomic E-state index is -0.403. The van der Waals surface area contributed by atoms with Crippen LogP contribution in [0.25, 0.3) is 0 Å². The van der Waals surface area contributed by atoms with Crippen molar-refractivity contribution in [2.45, 2.75) is 31.2 Å². The number of amides is 2. The Hall–Kier alpha value is -2.69. The van der Waals surface area contributed by atoms with Crippen molar-refractivity contribution >= 4 is 17.5 Å². The van der Waals surface area contributed by atoms with E-state index in [-0.39, 0.29) is 24.3 Å². The molecule has 24 heavy (non-hydrogen) atoms. The number of carbonyl (C=O) groups excluding carboxylic acids is 2. The van der Waals surface area contributed by atoms with E-state index in [0.29, 0.717) is 0 Å². The summed E-state index contributed by atoms with van der Waals surface area (Å²) in [6.45, 7) is 0.723. The minimum absolute atomic E-state index is 0.0100. The minimum Gasteiger partial charge on any atom is -0.334 e. The number of benzene rings is 1. The van der Waals surface area contributed by atoms with E-state index in [1.807, 2.05) is 47.4 Å². The second-order valence-corrected chi connectivity index (χ2v) is 6.34.